The molecule has 92 valence electrons. The second kappa shape index (κ2) is 4.34. The molecule has 1 heterocycles. The summed E-state index contributed by atoms with van der Waals surface area (Å²) in [4.78, 5) is 10.7. The van der Waals surface area contributed by atoms with Gasteiger partial charge in [0.1, 0.15) is 12.4 Å². The number of benzene rings is 1. The van der Waals surface area contributed by atoms with E-state index in [-0.39, 0.29) is 6.61 Å². The third kappa shape index (κ3) is 2.56. The summed E-state index contributed by atoms with van der Waals surface area (Å²) in [6.45, 7) is -0.228. The zero-order chi connectivity index (χ0) is 12.5. The lowest BCUT2D eigenvalue weighted by molar-refractivity contribution is -0.124. The third-order valence-corrected chi connectivity index (χ3v) is 2.61. The smallest absolute Gasteiger partial charge is 0.266 e. The number of anilines is 2. The van der Waals surface area contributed by atoms with Crippen LogP contribution in [0.3, 0.4) is 0 Å². The van der Waals surface area contributed by atoms with E-state index in [4.69, 9.17) is 15.2 Å². The van der Waals surface area contributed by atoms with Gasteiger partial charge in [-0.05, 0) is 12.1 Å². The number of nitrogens with one attached hydrogen (secondary N) is 2. The van der Waals surface area contributed by atoms with Crippen molar-refractivity contribution in [3.05, 3.63) is 18.2 Å². The first-order valence-electron chi connectivity index (χ1n) is 4.91. The SMILES string of the molecule is COc1ccc2c(c1)NC(S)(OCC(N)=O)N2. The van der Waals surface area contributed by atoms with E-state index < -0.39 is 11.1 Å². The van der Waals surface area contributed by atoms with Crippen molar-refractivity contribution in [2.45, 2.75) is 5.18 Å². The van der Waals surface area contributed by atoms with E-state index in [0.29, 0.717) is 5.75 Å². The van der Waals surface area contributed by atoms with Gasteiger partial charge < -0.3 is 25.8 Å². The van der Waals surface area contributed by atoms with Crippen molar-refractivity contribution in [1.82, 2.24) is 0 Å². The molecule has 0 aliphatic carbocycles. The summed E-state index contributed by atoms with van der Waals surface area (Å²) in [6.07, 6.45) is 0. The zero-order valence-corrected chi connectivity index (χ0v) is 10.1. The minimum atomic E-state index is -1.14. The van der Waals surface area contributed by atoms with Crippen LogP contribution in [0.2, 0.25) is 0 Å². The number of hydrogen-bond acceptors (Lipinski definition) is 6. The monoisotopic (exact) mass is 255 g/mol. The normalized spacial score (nSPS) is 21.3. The largest absolute Gasteiger partial charge is 0.497 e. The van der Waals surface area contributed by atoms with E-state index in [0.717, 1.165) is 11.4 Å². The topological polar surface area (TPSA) is 85.6 Å². The molecule has 0 saturated heterocycles. The Bertz CT molecular complexity index is 454. The Morgan fingerprint density at radius 3 is 2.82 bits per heavy atom. The molecule has 0 radical (unpaired) electrons. The van der Waals surface area contributed by atoms with Crippen LogP contribution in [0.15, 0.2) is 18.2 Å². The molecule has 1 unspecified atom stereocenters. The Balaban J connectivity index is 2.11. The Kier molecular flexibility index (Phi) is 3.03. The van der Waals surface area contributed by atoms with E-state index in [1.165, 1.54) is 0 Å². The van der Waals surface area contributed by atoms with Crippen LogP contribution in [-0.4, -0.2) is 24.8 Å². The fraction of sp³-hybridized carbons (Fsp3) is 0.300. The van der Waals surface area contributed by atoms with Crippen molar-refractivity contribution < 1.29 is 14.3 Å². The van der Waals surface area contributed by atoms with Crippen molar-refractivity contribution >= 4 is 29.9 Å². The molecule has 1 atom stereocenters. The summed E-state index contributed by atoms with van der Waals surface area (Å²) in [6, 6.07) is 5.43. The van der Waals surface area contributed by atoms with Crippen LogP contribution in [0.5, 0.6) is 5.75 Å². The molecule has 0 fully saturated rings. The van der Waals surface area contributed by atoms with Crippen LogP contribution in [0.4, 0.5) is 11.4 Å². The molecule has 6 nitrogen and oxygen atoms in total. The van der Waals surface area contributed by atoms with Crippen LogP contribution in [0.1, 0.15) is 0 Å². The fourth-order valence-corrected chi connectivity index (χ4v) is 1.81. The highest BCUT2D eigenvalue weighted by Crippen LogP contribution is 2.38. The number of methoxy groups -OCH3 is 1. The highest BCUT2D eigenvalue weighted by Gasteiger charge is 2.34. The molecule has 1 aromatic carbocycles. The van der Waals surface area contributed by atoms with E-state index in [2.05, 4.69) is 23.3 Å². The lowest BCUT2D eigenvalue weighted by Crippen LogP contribution is -2.41. The Morgan fingerprint density at radius 1 is 1.47 bits per heavy atom. The lowest BCUT2D eigenvalue weighted by Gasteiger charge is -2.23. The highest BCUT2D eigenvalue weighted by molar-refractivity contribution is 7.81. The summed E-state index contributed by atoms with van der Waals surface area (Å²) < 4.78 is 10.3. The first-order chi connectivity index (χ1) is 8.02. The molecule has 1 aliphatic heterocycles. The van der Waals surface area contributed by atoms with Gasteiger partial charge in [-0.2, -0.15) is 0 Å². The number of hydrogen-bond donors (Lipinski definition) is 4. The summed E-state index contributed by atoms with van der Waals surface area (Å²) in [5, 5.41) is 4.83. The maximum atomic E-state index is 10.7. The van der Waals surface area contributed by atoms with Gasteiger partial charge in [-0.3, -0.25) is 4.79 Å². The Hall–Kier alpha value is -1.60. The highest BCUT2D eigenvalue weighted by atomic mass is 32.1. The molecule has 0 saturated carbocycles. The molecule has 0 spiro atoms. The number of carbonyl (C=O) groups excluding carboxylic acids is 1. The molecule has 4 N–H and O–H groups in total. The van der Waals surface area contributed by atoms with Gasteiger partial charge in [0, 0.05) is 6.07 Å². The first kappa shape index (κ1) is 11.9. The second-order valence-corrected chi connectivity index (χ2v) is 4.19. The number of ether oxygens (including phenoxy) is 2. The molecular weight excluding hydrogens is 242 g/mol. The molecule has 1 aliphatic rings. The van der Waals surface area contributed by atoms with Gasteiger partial charge in [-0.25, -0.2) is 0 Å². The average Bonchev–Trinajstić information content (AvgIpc) is 2.62. The summed E-state index contributed by atoms with van der Waals surface area (Å²) >= 11 is 4.27. The van der Waals surface area contributed by atoms with Crippen molar-refractivity contribution in [3.63, 3.8) is 0 Å². The van der Waals surface area contributed by atoms with Crippen LogP contribution >= 0.6 is 12.6 Å². The van der Waals surface area contributed by atoms with E-state index in [1.54, 1.807) is 19.2 Å². The fourth-order valence-electron chi connectivity index (χ4n) is 1.51. The minimum Gasteiger partial charge on any atom is -0.497 e. The average molecular weight is 255 g/mol. The predicted octanol–water partition coefficient (Wildman–Crippen LogP) is 0.576. The van der Waals surface area contributed by atoms with E-state index >= 15 is 0 Å². The number of carbonyl (C=O) groups is 1. The molecular formula is C10H13N3O3S. The Morgan fingerprint density at radius 2 is 2.18 bits per heavy atom. The lowest BCUT2D eigenvalue weighted by atomic mass is 10.2. The summed E-state index contributed by atoms with van der Waals surface area (Å²) in [5.41, 5.74) is 6.60. The Labute approximate surface area is 104 Å². The predicted molar refractivity (Wildman–Crippen MR) is 67.1 cm³/mol. The van der Waals surface area contributed by atoms with Crippen LogP contribution in [0, 0.1) is 0 Å². The maximum Gasteiger partial charge on any atom is 0.266 e. The number of primary amides is 1. The van der Waals surface area contributed by atoms with Gasteiger partial charge in [0.15, 0.2) is 0 Å². The number of nitrogens with two attached hydrogens (primary N) is 1. The summed E-state index contributed by atoms with van der Waals surface area (Å²) in [5.74, 6) is 0.154. The number of rotatable bonds is 4. The van der Waals surface area contributed by atoms with E-state index in [1.807, 2.05) is 6.07 Å². The van der Waals surface area contributed by atoms with Crippen molar-refractivity contribution in [3.8, 4) is 5.75 Å². The number of amides is 1. The van der Waals surface area contributed by atoms with Crippen LogP contribution < -0.4 is 21.1 Å². The van der Waals surface area contributed by atoms with Gasteiger partial charge in [0.2, 0.25) is 5.91 Å². The number of thiol groups is 1. The molecule has 0 aromatic heterocycles. The van der Waals surface area contributed by atoms with Gasteiger partial charge >= 0.3 is 0 Å². The maximum absolute atomic E-state index is 10.7. The molecule has 1 aromatic rings. The standard InChI is InChI=1S/C10H13N3O3S/c1-15-6-2-3-7-8(4-6)13-10(17,12-7)16-5-9(11)14/h2-4,12-13,17H,5H2,1H3,(H2,11,14). The summed E-state index contributed by atoms with van der Waals surface area (Å²) in [7, 11) is 1.58. The quantitative estimate of drug-likeness (QED) is 0.467. The van der Waals surface area contributed by atoms with Crippen molar-refractivity contribution in [2.24, 2.45) is 5.73 Å². The molecule has 0 bridgehead atoms. The molecule has 2 rings (SSSR count). The van der Waals surface area contributed by atoms with Gasteiger partial charge in [0.25, 0.3) is 5.18 Å². The molecule has 1 amide bonds. The van der Waals surface area contributed by atoms with Crippen molar-refractivity contribution in [2.75, 3.05) is 24.4 Å². The number of fused-ring (bicyclic) bond motifs is 1. The minimum absolute atomic E-state index is 0.228. The molecule has 17 heavy (non-hydrogen) atoms. The van der Waals surface area contributed by atoms with Gasteiger partial charge in [-0.1, -0.05) is 12.6 Å². The zero-order valence-electron chi connectivity index (χ0n) is 9.19. The second-order valence-electron chi connectivity index (χ2n) is 3.56. The molecule has 7 heteroatoms. The van der Waals surface area contributed by atoms with Gasteiger partial charge in [0.05, 0.1) is 18.5 Å². The van der Waals surface area contributed by atoms with Crippen LogP contribution in [0.25, 0.3) is 0 Å². The third-order valence-electron chi connectivity index (χ3n) is 2.26. The van der Waals surface area contributed by atoms with Crippen LogP contribution in [-0.2, 0) is 9.53 Å². The van der Waals surface area contributed by atoms with E-state index in [9.17, 15) is 4.79 Å². The first-order valence-corrected chi connectivity index (χ1v) is 5.36. The van der Waals surface area contributed by atoms with Crippen molar-refractivity contribution in [1.29, 1.82) is 0 Å². The van der Waals surface area contributed by atoms with Gasteiger partial charge in [-0.15, -0.1) is 0 Å².